The molecule has 1 N–H and O–H groups in total. The highest BCUT2D eigenvalue weighted by molar-refractivity contribution is 5.90. The average Bonchev–Trinajstić information content (AvgIpc) is 3.03. The van der Waals surface area contributed by atoms with Gasteiger partial charge in [-0.3, -0.25) is 4.79 Å². The van der Waals surface area contributed by atoms with Crippen molar-refractivity contribution in [1.29, 1.82) is 0 Å². The monoisotopic (exact) mass is 330 g/mol. The normalized spacial score (nSPS) is 10.4. The highest BCUT2D eigenvalue weighted by atomic mass is 16.5. The van der Waals surface area contributed by atoms with Crippen LogP contribution in [-0.4, -0.2) is 33.5 Å². The van der Waals surface area contributed by atoms with Crippen LogP contribution in [0.25, 0.3) is 0 Å². The zero-order valence-corrected chi connectivity index (χ0v) is 14.0. The Hall–Kier alpha value is -2.70. The SMILES string of the molecule is CCCCc1ccc(NC(=O)Cn2cc(C(=O)OCC)nn2)cc1. The van der Waals surface area contributed by atoms with Gasteiger partial charge in [-0.1, -0.05) is 30.7 Å². The molecule has 7 nitrogen and oxygen atoms in total. The quantitative estimate of drug-likeness (QED) is 0.751. The van der Waals surface area contributed by atoms with Gasteiger partial charge in [0.25, 0.3) is 0 Å². The third kappa shape index (κ3) is 5.19. The lowest BCUT2D eigenvalue weighted by Crippen LogP contribution is -2.19. The summed E-state index contributed by atoms with van der Waals surface area (Å²) in [4.78, 5) is 23.5. The number of carbonyl (C=O) groups excluding carboxylic acids is 2. The number of unbranched alkanes of at least 4 members (excludes halogenated alkanes) is 1. The van der Waals surface area contributed by atoms with E-state index in [2.05, 4.69) is 22.6 Å². The van der Waals surface area contributed by atoms with E-state index in [4.69, 9.17) is 4.74 Å². The van der Waals surface area contributed by atoms with E-state index >= 15 is 0 Å². The molecule has 0 saturated heterocycles. The second kappa shape index (κ2) is 8.81. The predicted molar refractivity (Wildman–Crippen MR) is 89.7 cm³/mol. The van der Waals surface area contributed by atoms with Gasteiger partial charge in [-0.05, 0) is 37.5 Å². The van der Waals surface area contributed by atoms with Crippen LogP contribution < -0.4 is 5.32 Å². The first-order valence-electron chi connectivity index (χ1n) is 8.08. The molecule has 0 aliphatic carbocycles. The number of amides is 1. The van der Waals surface area contributed by atoms with Crippen molar-refractivity contribution in [1.82, 2.24) is 15.0 Å². The minimum atomic E-state index is -0.549. The fraction of sp³-hybridized carbons (Fsp3) is 0.412. The molecule has 0 saturated carbocycles. The summed E-state index contributed by atoms with van der Waals surface area (Å²) in [6, 6.07) is 7.79. The first-order valence-corrected chi connectivity index (χ1v) is 8.08. The number of ether oxygens (including phenoxy) is 1. The maximum Gasteiger partial charge on any atom is 0.360 e. The Bertz CT molecular complexity index is 679. The minimum Gasteiger partial charge on any atom is -0.461 e. The molecule has 0 unspecified atom stereocenters. The van der Waals surface area contributed by atoms with Crippen LogP contribution in [0.1, 0.15) is 42.7 Å². The highest BCUT2D eigenvalue weighted by Gasteiger charge is 2.13. The molecular formula is C17H22N4O3. The summed E-state index contributed by atoms with van der Waals surface area (Å²) in [6.45, 7) is 4.11. The minimum absolute atomic E-state index is 0.0238. The van der Waals surface area contributed by atoms with Crippen LogP contribution in [-0.2, 0) is 22.5 Å². The van der Waals surface area contributed by atoms with Gasteiger partial charge in [0.05, 0.1) is 12.8 Å². The van der Waals surface area contributed by atoms with Crippen LogP contribution >= 0.6 is 0 Å². The lowest BCUT2D eigenvalue weighted by Gasteiger charge is -2.06. The van der Waals surface area contributed by atoms with Gasteiger partial charge in [-0.15, -0.1) is 5.10 Å². The van der Waals surface area contributed by atoms with Crippen LogP contribution in [0, 0.1) is 0 Å². The Morgan fingerprint density at radius 3 is 2.62 bits per heavy atom. The van der Waals surface area contributed by atoms with Crippen LogP contribution in [0.5, 0.6) is 0 Å². The lowest BCUT2D eigenvalue weighted by molar-refractivity contribution is -0.116. The van der Waals surface area contributed by atoms with E-state index in [0.717, 1.165) is 24.9 Å². The van der Waals surface area contributed by atoms with Crippen molar-refractivity contribution in [3.8, 4) is 0 Å². The number of hydrogen-bond acceptors (Lipinski definition) is 5. The Labute approximate surface area is 141 Å². The summed E-state index contributed by atoms with van der Waals surface area (Å²) < 4.78 is 6.13. The predicted octanol–water partition coefficient (Wildman–Crippen LogP) is 2.44. The van der Waals surface area contributed by atoms with Crippen molar-refractivity contribution < 1.29 is 14.3 Å². The summed E-state index contributed by atoms with van der Waals surface area (Å²) in [5.41, 5.74) is 2.07. The third-order valence-electron chi connectivity index (χ3n) is 3.39. The molecule has 2 aromatic rings. The fourth-order valence-corrected chi connectivity index (χ4v) is 2.16. The molecule has 0 fully saturated rings. The summed E-state index contributed by atoms with van der Waals surface area (Å²) >= 11 is 0. The van der Waals surface area contributed by atoms with Gasteiger partial charge >= 0.3 is 5.97 Å². The Kier molecular flexibility index (Phi) is 6.48. The second-order valence-electron chi connectivity index (χ2n) is 5.37. The standard InChI is InChI=1S/C17H22N4O3/c1-3-5-6-13-7-9-14(10-8-13)18-16(22)12-21-11-15(19-20-21)17(23)24-4-2/h7-11H,3-6,12H2,1-2H3,(H,18,22). The fourth-order valence-electron chi connectivity index (χ4n) is 2.16. The maximum absolute atomic E-state index is 12.0. The van der Waals surface area contributed by atoms with Crippen molar-refractivity contribution in [3.63, 3.8) is 0 Å². The van der Waals surface area contributed by atoms with E-state index in [1.165, 1.54) is 16.4 Å². The van der Waals surface area contributed by atoms with E-state index in [9.17, 15) is 9.59 Å². The van der Waals surface area contributed by atoms with Gasteiger partial charge < -0.3 is 10.1 Å². The van der Waals surface area contributed by atoms with E-state index < -0.39 is 5.97 Å². The van der Waals surface area contributed by atoms with Crippen LogP contribution in [0.15, 0.2) is 30.5 Å². The lowest BCUT2D eigenvalue weighted by atomic mass is 10.1. The topological polar surface area (TPSA) is 86.1 Å². The molecule has 128 valence electrons. The molecule has 1 aromatic carbocycles. The summed E-state index contributed by atoms with van der Waals surface area (Å²) in [5, 5.41) is 10.2. The molecule has 24 heavy (non-hydrogen) atoms. The van der Waals surface area contributed by atoms with Crippen molar-refractivity contribution >= 4 is 17.6 Å². The molecule has 0 aliphatic heterocycles. The first kappa shape index (κ1) is 17.7. The third-order valence-corrected chi connectivity index (χ3v) is 3.39. The van der Waals surface area contributed by atoms with Gasteiger partial charge in [-0.2, -0.15) is 0 Å². The summed E-state index contributed by atoms with van der Waals surface area (Å²) in [5.74, 6) is -0.788. The first-order chi connectivity index (χ1) is 11.6. The molecule has 0 radical (unpaired) electrons. The summed E-state index contributed by atoms with van der Waals surface area (Å²) in [6.07, 6.45) is 4.75. The molecule has 7 heteroatoms. The molecule has 2 rings (SSSR count). The number of nitrogens with one attached hydrogen (secondary N) is 1. The van der Waals surface area contributed by atoms with E-state index in [0.29, 0.717) is 0 Å². The molecular weight excluding hydrogens is 308 g/mol. The van der Waals surface area contributed by atoms with E-state index in [1.807, 2.05) is 24.3 Å². The van der Waals surface area contributed by atoms with Crippen LogP contribution in [0.4, 0.5) is 5.69 Å². The number of esters is 1. The number of benzene rings is 1. The zero-order valence-electron chi connectivity index (χ0n) is 14.0. The zero-order chi connectivity index (χ0) is 17.4. The molecule has 1 aromatic heterocycles. The van der Waals surface area contributed by atoms with Crippen LogP contribution in [0.3, 0.4) is 0 Å². The molecule has 0 aliphatic rings. The number of nitrogens with zero attached hydrogens (tertiary/aromatic N) is 3. The number of carbonyl (C=O) groups is 2. The molecule has 1 heterocycles. The molecule has 0 atom stereocenters. The Balaban J connectivity index is 1.87. The van der Waals surface area contributed by atoms with Gasteiger partial charge in [-0.25, -0.2) is 9.48 Å². The Morgan fingerprint density at radius 1 is 1.21 bits per heavy atom. The molecule has 0 bridgehead atoms. The highest BCUT2D eigenvalue weighted by Crippen LogP contribution is 2.12. The smallest absolute Gasteiger partial charge is 0.360 e. The number of anilines is 1. The van der Waals surface area contributed by atoms with Gasteiger partial charge in [0, 0.05) is 5.69 Å². The number of aryl methyl sites for hydroxylation is 1. The van der Waals surface area contributed by atoms with Crippen molar-refractivity contribution in [2.45, 2.75) is 39.7 Å². The molecule has 1 amide bonds. The number of hydrogen-bond donors (Lipinski definition) is 1. The maximum atomic E-state index is 12.0. The van der Waals surface area contributed by atoms with Gasteiger partial charge in [0.1, 0.15) is 6.54 Å². The molecule has 0 spiro atoms. The number of rotatable bonds is 8. The number of aromatic nitrogens is 3. The second-order valence-corrected chi connectivity index (χ2v) is 5.37. The Morgan fingerprint density at radius 2 is 1.96 bits per heavy atom. The summed E-state index contributed by atoms with van der Waals surface area (Å²) in [7, 11) is 0. The van der Waals surface area contributed by atoms with E-state index in [-0.39, 0.29) is 24.8 Å². The van der Waals surface area contributed by atoms with Gasteiger partial charge in [0.2, 0.25) is 5.91 Å². The average molecular weight is 330 g/mol. The van der Waals surface area contributed by atoms with E-state index in [1.54, 1.807) is 6.92 Å². The van der Waals surface area contributed by atoms with Crippen molar-refractivity contribution in [2.24, 2.45) is 0 Å². The van der Waals surface area contributed by atoms with Crippen molar-refractivity contribution in [2.75, 3.05) is 11.9 Å². The largest absolute Gasteiger partial charge is 0.461 e. The van der Waals surface area contributed by atoms with Crippen molar-refractivity contribution in [3.05, 3.63) is 41.7 Å². The van der Waals surface area contributed by atoms with Crippen LogP contribution in [0.2, 0.25) is 0 Å². The van der Waals surface area contributed by atoms with Gasteiger partial charge in [0.15, 0.2) is 5.69 Å².